The van der Waals surface area contributed by atoms with Crippen LogP contribution in [0, 0.1) is 28.6 Å². The Labute approximate surface area is 280 Å². The number of likely N-dealkylation sites (tertiary alicyclic amines) is 1. The highest BCUT2D eigenvalue weighted by molar-refractivity contribution is 6.01. The minimum absolute atomic E-state index is 0.00517. The Kier molecular flexibility index (Phi) is 12.9. The van der Waals surface area contributed by atoms with Crippen molar-refractivity contribution in [3.63, 3.8) is 0 Å². The molecule has 0 aromatic carbocycles. The van der Waals surface area contributed by atoms with Gasteiger partial charge in [-0.05, 0) is 68.1 Å². The Morgan fingerprint density at radius 2 is 1.61 bits per heavy atom. The topological polar surface area (TPSA) is 117 Å². The fraction of sp³-hybridized carbons (Fsp3) is 0.816. The summed E-state index contributed by atoms with van der Waals surface area (Å²) in [7, 11) is 0. The minimum Gasteiger partial charge on any atom is -0.396 e. The zero-order chi connectivity index (χ0) is 34.4. The van der Waals surface area contributed by atoms with Gasteiger partial charge in [0.2, 0.25) is 11.8 Å². The van der Waals surface area contributed by atoms with Crippen LogP contribution in [0.2, 0.25) is 0 Å². The molecule has 0 spiro atoms. The van der Waals surface area contributed by atoms with E-state index in [1.54, 1.807) is 0 Å². The number of nitrogens with two attached hydrogens (primary N) is 1. The number of carbonyl (C=O) groups is 3. The van der Waals surface area contributed by atoms with E-state index in [9.17, 15) is 14.4 Å². The summed E-state index contributed by atoms with van der Waals surface area (Å²) in [6.45, 7) is 26.2. The predicted molar refractivity (Wildman–Crippen MR) is 188 cm³/mol. The number of fused-ring (bicyclic) bond motifs is 1. The summed E-state index contributed by atoms with van der Waals surface area (Å²) in [5.41, 5.74) is 5.54. The summed E-state index contributed by atoms with van der Waals surface area (Å²) in [6.07, 6.45) is 12.6. The molecule has 2 aliphatic carbocycles. The molecule has 3 unspecified atom stereocenters. The number of rotatable bonds is 18. The minimum atomic E-state index is -0.720. The molecule has 46 heavy (non-hydrogen) atoms. The van der Waals surface area contributed by atoms with E-state index < -0.39 is 12.1 Å². The van der Waals surface area contributed by atoms with Crippen LogP contribution < -0.4 is 21.7 Å². The largest absolute Gasteiger partial charge is 0.396 e. The van der Waals surface area contributed by atoms with Crippen molar-refractivity contribution in [2.75, 3.05) is 6.54 Å². The summed E-state index contributed by atoms with van der Waals surface area (Å²) in [6, 6.07) is -1.43. The zero-order valence-corrected chi connectivity index (χ0v) is 30.5. The van der Waals surface area contributed by atoms with Crippen LogP contribution >= 0.6 is 0 Å². The lowest BCUT2D eigenvalue weighted by atomic mass is 9.74. The van der Waals surface area contributed by atoms with Crippen molar-refractivity contribution < 1.29 is 14.4 Å². The normalized spacial score (nSPS) is 24.7. The highest BCUT2D eigenvalue weighted by Crippen LogP contribution is 2.65. The molecular formula is C38H67N5O3. The zero-order valence-electron chi connectivity index (χ0n) is 30.5. The van der Waals surface area contributed by atoms with Crippen LogP contribution in [0.5, 0.6) is 0 Å². The molecule has 1 saturated heterocycles. The number of hydrogen-bond acceptors (Lipinski definition) is 6. The van der Waals surface area contributed by atoms with Gasteiger partial charge in [0.25, 0.3) is 0 Å². The molecule has 5 N–H and O–H groups in total. The molecule has 0 aromatic rings. The summed E-state index contributed by atoms with van der Waals surface area (Å²) in [5, 5.41) is 10.3. The van der Waals surface area contributed by atoms with Crippen LogP contribution in [0.3, 0.4) is 0 Å². The molecule has 3 rings (SSSR count). The van der Waals surface area contributed by atoms with Crippen molar-refractivity contribution in [3.8, 4) is 0 Å². The van der Waals surface area contributed by atoms with Crippen LogP contribution in [-0.2, 0) is 14.4 Å². The number of ketones is 1. The molecule has 2 saturated carbocycles. The summed E-state index contributed by atoms with van der Waals surface area (Å²) in [5.74, 6) is 1.05. The molecule has 3 aliphatic rings. The Bertz CT molecular complexity index is 1100. The molecular weight excluding hydrogens is 574 g/mol. The number of nitrogens with one attached hydrogen (secondary N) is 3. The Balaban J connectivity index is 1.82. The lowest BCUT2D eigenvalue weighted by Crippen LogP contribution is -2.56. The first-order valence-corrected chi connectivity index (χ1v) is 18.3. The lowest BCUT2D eigenvalue weighted by molar-refractivity contribution is -0.142. The van der Waals surface area contributed by atoms with Gasteiger partial charge < -0.3 is 26.6 Å². The summed E-state index contributed by atoms with van der Waals surface area (Å²) in [4.78, 5) is 43.2. The Hall–Kier alpha value is -2.51. The number of hydrogen-bond donors (Lipinski definition) is 4. The van der Waals surface area contributed by atoms with Crippen molar-refractivity contribution in [3.05, 3.63) is 24.7 Å². The molecule has 1 aliphatic heterocycles. The van der Waals surface area contributed by atoms with Crippen LogP contribution in [0.1, 0.15) is 139 Å². The average Bonchev–Trinajstić information content (AvgIpc) is 3.32. The SMILES string of the molecule is C=C(NC(CC(=O)N1C[C@H]2[C@@H](C1C(=O)NC(CCCCCC)C(=O)C(=C)N)C2(C)C)C1(C)CCCCCC1)NC(C)(C)CC(C)C. The van der Waals surface area contributed by atoms with Gasteiger partial charge in [-0.3, -0.25) is 14.4 Å². The first-order chi connectivity index (χ1) is 21.4. The van der Waals surface area contributed by atoms with E-state index in [-0.39, 0.29) is 57.5 Å². The lowest BCUT2D eigenvalue weighted by Gasteiger charge is -2.41. The second kappa shape index (κ2) is 15.6. The molecule has 5 atom stereocenters. The van der Waals surface area contributed by atoms with E-state index in [4.69, 9.17) is 5.73 Å². The molecule has 0 bridgehead atoms. The summed E-state index contributed by atoms with van der Waals surface area (Å²) < 4.78 is 0. The van der Waals surface area contributed by atoms with Gasteiger partial charge >= 0.3 is 0 Å². The van der Waals surface area contributed by atoms with Crippen molar-refractivity contribution in [2.24, 2.45) is 34.3 Å². The van der Waals surface area contributed by atoms with Gasteiger partial charge in [-0.15, -0.1) is 0 Å². The van der Waals surface area contributed by atoms with Crippen LogP contribution in [0.15, 0.2) is 24.7 Å². The summed E-state index contributed by atoms with van der Waals surface area (Å²) >= 11 is 0. The smallest absolute Gasteiger partial charge is 0.243 e. The number of amides is 2. The number of unbranched alkanes of at least 4 members (excludes halogenated alkanes) is 3. The first-order valence-electron chi connectivity index (χ1n) is 18.3. The maximum Gasteiger partial charge on any atom is 0.243 e. The van der Waals surface area contributed by atoms with E-state index in [1.165, 1.54) is 12.8 Å². The molecule has 3 fully saturated rings. The van der Waals surface area contributed by atoms with Crippen LogP contribution in [-0.4, -0.2) is 52.7 Å². The predicted octanol–water partition coefficient (Wildman–Crippen LogP) is 6.56. The Morgan fingerprint density at radius 3 is 2.17 bits per heavy atom. The molecule has 0 radical (unpaired) electrons. The average molecular weight is 642 g/mol. The molecule has 8 nitrogen and oxygen atoms in total. The fourth-order valence-electron chi connectivity index (χ4n) is 8.74. The molecule has 2 amide bonds. The second-order valence-corrected chi connectivity index (χ2v) is 16.8. The van der Waals surface area contributed by atoms with E-state index >= 15 is 0 Å². The van der Waals surface area contributed by atoms with Crippen molar-refractivity contribution in [2.45, 2.75) is 163 Å². The Morgan fingerprint density at radius 1 is 0.978 bits per heavy atom. The van der Waals surface area contributed by atoms with E-state index in [1.807, 2.05) is 4.90 Å². The highest BCUT2D eigenvalue weighted by atomic mass is 16.2. The van der Waals surface area contributed by atoms with Crippen molar-refractivity contribution >= 4 is 17.6 Å². The van der Waals surface area contributed by atoms with E-state index in [2.05, 4.69) is 84.5 Å². The van der Waals surface area contributed by atoms with Crippen molar-refractivity contribution in [1.82, 2.24) is 20.9 Å². The maximum absolute atomic E-state index is 14.4. The van der Waals surface area contributed by atoms with Gasteiger partial charge in [-0.2, -0.15) is 0 Å². The second-order valence-electron chi connectivity index (χ2n) is 16.8. The standard InChI is InChI=1S/C38H67N5O3/c1-11-12-13-16-19-29(34(45)26(4)39)41-35(46)33-32-28(37(32,8)9)24-43(33)31(44)22-30(38(10)20-17-14-15-18-21-38)40-27(5)42-36(6,7)23-25(2)3/h25,28-30,32-33,40,42H,4-5,11-24,39H2,1-3,6-10H3,(H,41,46)/t28-,29?,30?,32-,33?/m0/s1. The molecule has 262 valence electrons. The molecule has 0 aromatic heterocycles. The van der Waals surface area contributed by atoms with Crippen LogP contribution in [0.4, 0.5) is 0 Å². The van der Waals surface area contributed by atoms with Gasteiger partial charge in [-0.1, -0.05) is 106 Å². The third kappa shape index (κ3) is 9.53. The number of carbonyl (C=O) groups excluding carboxylic acids is 3. The monoisotopic (exact) mass is 642 g/mol. The quantitative estimate of drug-likeness (QED) is 0.0765. The highest BCUT2D eigenvalue weighted by Gasteiger charge is 2.69. The maximum atomic E-state index is 14.4. The van der Waals surface area contributed by atoms with Gasteiger partial charge in [0, 0.05) is 24.5 Å². The number of Topliss-reactive ketones (excluding diaryl/α,β-unsaturated/α-hetero) is 1. The fourth-order valence-corrected chi connectivity index (χ4v) is 8.74. The third-order valence-electron chi connectivity index (χ3n) is 11.3. The van der Waals surface area contributed by atoms with Gasteiger partial charge in [0.05, 0.1) is 17.6 Å². The van der Waals surface area contributed by atoms with E-state index in [0.717, 1.165) is 63.6 Å². The van der Waals surface area contributed by atoms with Crippen molar-refractivity contribution in [1.29, 1.82) is 0 Å². The molecule has 1 heterocycles. The number of nitrogens with zero attached hydrogens (tertiary/aromatic N) is 1. The number of piperidine rings is 1. The third-order valence-corrected chi connectivity index (χ3v) is 11.3. The van der Waals surface area contributed by atoms with Crippen LogP contribution in [0.25, 0.3) is 0 Å². The van der Waals surface area contributed by atoms with E-state index in [0.29, 0.717) is 25.3 Å². The molecule has 8 heteroatoms. The van der Waals surface area contributed by atoms with Gasteiger partial charge in [-0.25, -0.2) is 0 Å². The van der Waals surface area contributed by atoms with Gasteiger partial charge in [0.15, 0.2) is 5.78 Å². The van der Waals surface area contributed by atoms with Gasteiger partial charge in [0.1, 0.15) is 6.04 Å². The first kappa shape index (κ1) is 37.9.